The topological polar surface area (TPSA) is 54.1 Å². The fourth-order valence-electron chi connectivity index (χ4n) is 3.19. The van der Waals surface area contributed by atoms with E-state index in [1.54, 1.807) is 19.2 Å². The first kappa shape index (κ1) is 14.4. The average Bonchev–Trinajstić information content (AvgIpc) is 2.49. The van der Waals surface area contributed by atoms with E-state index in [2.05, 4.69) is 10.3 Å². The van der Waals surface area contributed by atoms with Crippen molar-refractivity contribution in [1.29, 1.82) is 0 Å². The number of hydrogen-bond donors (Lipinski definition) is 2. The Balaban J connectivity index is 2.20. The second kappa shape index (κ2) is 5.70. The molecular weight excluding hydrogens is 288 g/mol. The maximum atomic E-state index is 12.9. The second-order valence-electron chi connectivity index (χ2n) is 5.55. The molecule has 0 bridgehead atoms. The summed E-state index contributed by atoms with van der Waals surface area (Å²) in [4.78, 5) is 16.2. The number of methoxy groups -OCH3 is 1. The molecule has 0 radical (unpaired) electrons. The van der Waals surface area contributed by atoms with Gasteiger partial charge in [0.05, 0.1) is 17.6 Å². The number of aryl methyl sites for hydroxylation is 1. The van der Waals surface area contributed by atoms with E-state index in [9.17, 15) is 4.79 Å². The van der Waals surface area contributed by atoms with Crippen molar-refractivity contribution in [3.8, 4) is 5.75 Å². The largest absolute Gasteiger partial charge is 0.495 e. The van der Waals surface area contributed by atoms with Crippen LogP contribution in [0.3, 0.4) is 0 Å². The number of aromatic nitrogens is 1. The summed E-state index contributed by atoms with van der Waals surface area (Å²) in [5.41, 5.74) is 2.73. The number of hydrogen-bond acceptors (Lipinski definition) is 3. The number of nitrogens with one attached hydrogen (secondary N) is 2. The van der Waals surface area contributed by atoms with Crippen LogP contribution in [0.25, 0.3) is 10.9 Å². The molecule has 0 spiro atoms. The number of rotatable bonds is 2. The van der Waals surface area contributed by atoms with Gasteiger partial charge in [0.2, 0.25) is 0 Å². The molecule has 4 nitrogen and oxygen atoms in total. The molecule has 1 aliphatic heterocycles. The highest BCUT2D eigenvalue weighted by atomic mass is 35.5. The Morgan fingerprint density at radius 1 is 1.29 bits per heavy atom. The van der Waals surface area contributed by atoms with Gasteiger partial charge in [-0.25, -0.2) is 0 Å². The number of fused-ring (bicyclic) bond motifs is 1. The van der Waals surface area contributed by atoms with Crippen LogP contribution in [0.2, 0.25) is 5.02 Å². The minimum atomic E-state index is 0.0951. The summed E-state index contributed by atoms with van der Waals surface area (Å²) in [5, 5.41) is 4.44. The highest BCUT2D eigenvalue weighted by molar-refractivity contribution is 6.32. The zero-order chi connectivity index (χ0) is 15.0. The van der Waals surface area contributed by atoms with Crippen LogP contribution < -0.4 is 15.5 Å². The zero-order valence-electron chi connectivity index (χ0n) is 12.3. The average molecular weight is 307 g/mol. The Bertz CT molecular complexity index is 733. The number of piperidine rings is 1. The third-order valence-corrected chi connectivity index (χ3v) is 4.55. The second-order valence-corrected chi connectivity index (χ2v) is 5.96. The fraction of sp³-hybridized carbons (Fsp3) is 0.438. The molecule has 2 aromatic rings. The highest BCUT2D eigenvalue weighted by Crippen LogP contribution is 2.30. The van der Waals surface area contributed by atoms with Crippen LogP contribution >= 0.6 is 11.6 Å². The molecule has 0 unspecified atom stereocenters. The molecule has 1 aliphatic rings. The summed E-state index contributed by atoms with van der Waals surface area (Å²) < 4.78 is 5.22. The number of benzene rings is 1. The van der Waals surface area contributed by atoms with Crippen LogP contribution in [0.5, 0.6) is 5.75 Å². The number of pyridine rings is 1. The minimum absolute atomic E-state index is 0.0951. The minimum Gasteiger partial charge on any atom is -0.495 e. The Hall–Kier alpha value is -1.52. The monoisotopic (exact) mass is 306 g/mol. The molecule has 2 N–H and O–H groups in total. The van der Waals surface area contributed by atoms with Gasteiger partial charge in [-0.05, 0) is 44.8 Å². The predicted molar refractivity (Wildman–Crippen MR) is 85.7 cm³/mol. The summed E-state index contributed by atoms with van der Waals surface area (Å²) in [7, 11) is 1.57. The van der Waals surface area contributed by atoms with E-state index in [1.165, 1.54) is 0 Å². The van der Waals surface area contributed by atoms with Gasteiger partial charge >= 0.3 is 0 Å². The van der Waals surface area contributed by atoms with Crippen molar-refractivity contribution in [2.24, 2.45) is 0 Å². The molecule has 5 heteroatoms. The Morgan fingerprint density at radius 3 is 2.67 bits per heavy atom. The van der Waals surface area contributed by atoms with Gasteiger partial charge in [0, 0.05) is 22.7 Å². The van der Waals surface area contributed by atoms with Crippen LogP contribution in [-0.4, -0.2) is 25.2 Å². The van der Waals surface area contributed by atoms with E-state index in [-0.39, 0.29) is 5.43 Å². The predicted octanol–water partition coefficient (Wildman–Crippen LogP) is 2.97. The van der Waals surface area contributed by atoms with Crippen LogP contribution in [0, 0.1) is 6.92 Å². The molecule has 112 valence electrons. The Kier molecular flexibility index (Phi) is 3.91. The van der Waals surface area contributed by atoms with Gasteiger partial charge in [-0.3, -0.25) is 4.79 Å². The third kappa shape index (κ3) is 2.54. The van der Waals surface area contributed by atoms with Crippen molar-refractivity contribution >= 4 is 22.5 Å². The molecule has 1 fully saturated rings. The van der Waals surface area contributed by atoms with Crippen LogP contribution in [0.15, 0.2) is 16.9 Å². The molecule has 0 aliphatic carbocycles. The third-order valence-electron chi connectivity index (χ3n) is 4.25. The van der Waals surface area contributed by atoms with Crippen LogP contribution in [-0.2, 0) is 0 Å². The molecule has 21 heavy (non-hydrogen) atoms. The quantitative estimate of drug-likeness (QED) is 0.897. The van der Waals surface area contributed by atoms with Gasteiger partial charge in [0.25, 0.3) is 0 Å². The van der Waals surface area contributed by atoms with Crippen molar-refractivity contribution in [3.63, 3.8) is 0 Å². The van der Waals surface area contributed by atoms with Crippen LogP contribution in [0.4, 0.5) is 0 Å². The summed E-state index contributed by atoms with van der Waals surface area (Å²) in [6.45, 7) is 3.90. The SMILES string of the molecule is COc1cc2[nH]c(C)c(C3CCNCC3)c(=O)c2cc1Cl. The Labute approximate surface area is 128 Å². The number of H-pyrrole nitrogens is 1. The molecule has 3 rings (SSSR count). The molecule has 1 aromatic heterocycles. The van der Waals surface area contributed by atoms with Gasteiger partial charge in [0.1, 0.15) is 5.75 Å². The van der Waals surface area contributed by atoms with Crippen molar-refractivity contribution in [1.82, 2.24) is 10.3 Å². The van der Waals surface area contributed by atoms with Gasteiger partial charge in [-0.1, -0.05) is 11.6 Å². The van der Waals surface area contributed by atoms with Gasteiger partial charge in [-0.15, -0.1) is 0 Å². The van der Waals surface area contributed by atoms with E-state index in [4.69, 9.17) is 16.3 Å². The van der Waals surface area contributed by atoms with Crippen molar-refractivity contribution in [2.45, 2.75) is 25.7 Å². The first-order valence-electron chi connectivity index (χ1n) is 7.22. The molecular formula is C16H19ClN2O2. The van der Waals surface area contributed by atoms with Crippen molar-refractivity contribution in [3.05, 3.63) is 38.6 Å². The Morgan fingerprint density at radius 2 is 2.00 bits per heavy atom. The molecule has 1 aromatic carbocycles. The number of halogens is 1. The first-order chi connectivity index (χ1) is 10.1. The summed E-state index contributed by atoms with van der Waals surface area (Å²) >= 11 is 6.17. The van der Waals surface area contributed by atoms with E-state index in [0.29, 0.717) is 22.1 Å². The normalized spacial score (nSPS) is 16.3. The molecule has 0 saturated carbocycles. The van der Waals surface area contributed by atoms with E-state index in [0.717, 1.165) is 42.7 Å². The van der Waals surface area contributed by atoms with Gasteiger partial charge in [0.15, 0.2) is 5.43 Å². The summed E-state index contributed by atoms with van der Waals surface area (Å²) in [6, 6.07) is 3.50. The van der Waals surface area contributed by atoms with E-state index < -0.39 is 0 Å². The molecule has 0 atom stereocenters. The molecule has 2 heterocycles. The summed E-state index contributed by atoms with van der Waals surface area (Å²) in [6.07, 6.45) is 2.00. The first-order valence-corrected chi connectivity index (χ1v) is 7.60. The highest BCUT2D eigenvalue weighted by Gasteiger charge is 2.22. The smallest absolute Gasteiger partial charge is 0.193 e. The lowest BCUT2D eigenvalue weighted by atomic mass is 9.88. The summed E-state index contributed by atoms with van der Waals surface area (Å²) in [5.74, 6) is 0.897. The number of aromatic amines is 1. The lowest BCUT2D eigenvalue weighted by Crippen LogP contribution is -2.30. The van der Waals surface area contributed by atoms with Crippen molar-refractivity contribution < 1.29 is 4.74 Å². The molecule has 0 amide bonds. The standard InChI is InChI=1S/C16H19ClN2O2/c1-9-15(10-3-5-18-6-4-10)16(20)11-7-12(17)14(21-2)8-13(11)19-9/h7-8,10,18H,3-6H2,1-2H3,(H,19,20). The lowest BCUT2D eigenvalue weighted by molar-refractivity contribution is 0.415. The maximum Gasteiger partial charge on any atom is 0.193 e. The van der Waals surface area contributed by atoms with Gasteiger partial charge < -0.3 is 15.0 Å². The fourth-order valence-corrected chi connectivity index (χ4v) is 3.43. The zero-order valence-corrected chi connectivity index (χ0v) is 13.0. The number of ether oxygens (including phenoxy) is 1. The molecule has 1 saturated heterocycles. The van der Waals surface area contributed by atoms with Crippen molar-refractivity contribution in [2.75, 3.05) is 20.2 Å². The van der Waals surface area contributed by atoms with Gasteiger partial charge in [-0.2, -0.15) is 0 Å². The van der Waals surface area contributed by atoms with Crippen LogP contribution in [0.1, 0.15) is 30.0 Å². The maximum absolute atomic E-state index is 12.9. The van der Waals surface area contributed by atoms with E-state index in [1.807, 2.05) is 6.92 Å². The lowest BCUT2D eigenvalue weighted by Gasteiger charge is -2.24. The van der Waals surface area contributed by atoms with E-state index >= 15 is 0 Å².